The Morgan fingerprint density at radius 1 is 1.38 bits per heavy atom. The Hall–Kier alpha value is -2.09. The number of rotatable bonds is 2. The molecule has 0 saturated heterocycles. The van der Waals surface area contributed by atoms with E-state index in [2.05, 4.69) is 23.5 Å². The van der Waals surface area contributed by atoms with Crippen molar-refractivity contribution in [1.82, 2.24) is 10.5 Å². The third-order valence-electron chi connectivity index (χ3n) is 4.04. The SMILES string of the molecule is CC=C1C(=NC2CCCCC2C)C(C#N)=CNN1/N=C\C. The van der Waals surface area contributed by atoms with E-state index in [1.54, 1.807) is 17.5 Å². The summed E-state index contributed by atoms with van der Waals surface area (Å²) in [6, 6.07) is 2.53. The minimum absolute atomic E-state index is 0.297. The van der Waals surface area contributed by atoms with Crippen LogP contribution in [-0.4, -0.2) is 23.1 Å². The molecule has 0 radical (unpaired) electrons. The molecule has 2 unspecified atom stereocenters. The van der Waals surface area contributed by atoms with Gasteiger partial charge in [0.05, 0.1) is 11.6 Å². The van der Waals surface area contributed by atoms with Gasteiger partial charge in [0.1, 0.15) is 17.5 Å². The van der Waals surface area contributed by atoms with Crippen molar-refractivity contribution in [3.8, 4) is 6.07 Å². The van der Waals surface area contributed by atoms with Gasteiger partial charge in [-0.25, -0.2) is 0 Å². The van der Waals surface area contributed by atoms with Crippen LogP contribution < -0.4 is 5.43 Å². The lowest BCUT2D eigenvalue weighted by Crippen LogP contribution is -2.38. The summed E-state index contributed by atoms with van der Waals surface area (Å²) in [7, 11) is 0. The molecular formula is C16H23N5. The van der Waals surface area contributed by atoms with Gasteiger partial charge >= 0.3 is 0 Å². The zero-order chi connectivity index (χ0) is 15.2. The molecule has 1 heterocycles. The Kier molecular flexibility index (Phi) is 5.15. The van der Waals surface area contributed by atoms with Gasteiger partial charge in [-0.15, -0.1) is 0 Å². The van der Waals surface area contributed by atoms with Gasteiger partial charge in [0.25, 0.3) is 0 Å². The summed E-state index contributed by atoms with van der Waals surface area (Å²) in [4.78, 5) is 4.92. The Balaban J connectivity index is 2.38. The number of nitrogens with zero attached hydrogens (tertiary/aromatic N) is 4. The summed E-state index contributed by atoms with van der Waals surface area (Å²) in [5.41, 5.74) is 5.17. The lowest BCUT2D eigenvalue weighted by Gasteiger charge is -2.30. The first-order valence-electron chi connectivity index (χ1n) is 7.61. The lowest BCUT2D eigenvalue weighted by atomic mass is 9.86. The van der Waals surface area contributed by atoms with E-state index in [0.717, 1.165) is 17.8 Å². The van der Waals surface area contributed by atoms with Crippen LogP contribution in [0.1, 0.15) is 46.5 Å². The zero-order valence-corrected chi connectivity index (χ0v) is 13.0. The van der Waals surface area contributed by atoms with Gasteiger partial charge in [0.2, 0.25) is 0 Å². The van der Waals surface area contributed by atoms with Crippen LogP contribution in [0, 0.1) is 17.2 Å². The molecule has 0 amide bonds. The first-order chi connectivity index (χ1) is 10.2. The Labute approximate surface area is 126 Å². The largest absolute Gasteiger partial charge is 0.284 e. The van der Waals surface area contributed by atoms with E-state index in [1.807, 2.05) is 19.9 Å². The molecule has 2 aliphatic rings. The number of allylic oxidation sites excluding steroid dienone is 2. The van der Waals surface area contributed by atoms with Crippen LogP contribution in [0.4, 0.5) is 0 Å². The maximum atomic E-state index is 9.36. The fraction of sp³-hybridized carbons (Fsp3) is 0.562. The van der Waals surface area contributed by atoms with Gasteiger partial charge in [0.15, 0.2) is 0 Å². The maximum Gasteiger partial charge on any atom is 0.106 e. The molecule has 0 bridgehead atoms. The van der Waals surface area contributed by atoms with Crippen LogP contribution in [0.25, 0.3) is 0 Å². The standard InChI is InChI=1S/C16H23N5/c1-4-15-16(20-14-9-7-6-8-12(14)3)13(10-17)11-19-21(15)18-5-2/h4-5,11-12,14,19H,6-9H2,1-3H3/b15-4?,18-5-,20-16?. The summed E-state index contributed by atoms with van der Waals surface area (Å²) in [6.07, 6.45) is 10.1. The highest BCUT2D eigenvalue weighted by Crippen LogP contribution is 2.28. The van der Waals surface area contributed by atoms with Crippen LogP contribution in [0.5, 0.6) is 0 Å². The normalized spacial score (nSPS) is 30.4. The molecule has 21 heavy (non-hydrogen) atoms. The smallest absolute Gasteiger partial charge is 0.106 e. The minimum Gasteiger partial charge on any atom is -0.284 e. The van der Waals surface area contributed by atoms with Crippen molar-refractivity contribution in [2.24, 2.45) is 16.0 Å². The second kappa shape index (κ2) is 7.07. The molecule has 5 nitrogen and oxygen atoms in total. The first kappa shape index (κ1) is 15.3. The van der Waals surface area contributed by atoms with E-state index < -0.39 is 0 Å². The molecule has 1 aliphatic carbocycles. The van der Waals surface area contributed by atoms with Crippen LogP contribution in [0.2, 0.25) is 0 Å². The van der Waals surface area contributed by atoms with Gasteiger partial charge < -0.3 is 0 Å². The fourth-order valence-electron chi connectivity index (χ4n) is 2.85. The molecule has 2 atom stereocenters. The summed E-state index contributed by atoms with van der Waals surface area (Å²) >= 11 is 0. The van der Waals surface area contributed by atoms with Crippen LogP contribution in [0.15, 0.2) is 33.6 Å². The first-order valence-corrected chi connectivity index (χ1v) is 7.61. The number of nitriles is 1. The van der Waals surface area contributed by atoms with Crippen molar-refractivity contribution in [1.29, 1.82) is 5.26 Å². The quantitative estimate of drug-likeness (QED) is 0.793. The lowest BCUT2D eigenvalue weighted by molar-refractivity contribution is 0.309. The van der Waals surface area contributed by atoms with E-state index in [0.29, 0.717) is 17.5 Å². The van der Waals surface area contributed by atoms with E-state index in [-0.39, 0.29) is 0 Å². The van der Waals surface area contributed by atoms with Crippen LogP contribution in [-0.2, 0) is 0 Å². The number of hydrazine groups is 1. The summed E-state index contributed by atoms with van der Waals surface area (Å²) < 4.78 is 0. The molecule has 0 aromatic rings. The Morgan fingerprint density at radius 2 is 2.14 bits per heavy atom. The van der Waals surface area contributed by atoms with Gasteiger partial charge in [-0.3, -0.25) is 10.4 Å². The predicted molar refractivity (Wildman–Crippen MR) is 85.4 cm³/mol. The Bertz CT molecular complexity index is 535. The summed E-state index contributed by atoms with van der Waals surface area (Å²) in [6.45, 7) is 6.05. The molecule has 0 aromatic heterocycles. The summed E-state index contributed by atoms with van der Waals surface area (Å²) in [5, 5.41) is 15.3. The molecule has 0 spiro atoms. The van der Waals surface area contributed by atoms with Crippen LogP contribution >= 0.6 is 0 Å². The third-order valence-corrected chi connectivity index (χ3v) is 4.04. The summed E-state index contributed by atoms with van der Waals surface area (Å²) in [5.74, 6) is 0.572. The second-order valence-electron chi connectivity index (χ2n) is 5.47. The van der Waals surface area contributed by atoms with Gasteiger partial charge in [-0.2, -0.15) is 15.5 Å². The maximum absolute atomic E-state index is 9.36. The average molecular weight is 285 g/mol. The van der Waals surface area contributed by atoms with Crippen molar-refractivity contribution in [2.75, 3.05) is 0 Å². The Morgan fingerprint density at radius 3 is 2.76 bits per heavy atom. The van der Waals surface area contributed by atoms with E-state index in [9.17, 15) is 5.26 Å². The van der Waals surface area contributed by atoms with Crippen molar-refractivity contribution >= 4 is 11.9 Å². The molecule has 0 aromatic carbocycles. The molecule has 1 fully saturated rings. The fourth-order valence-corrected chi connectivity index (χ4v) is 2.85. The third kappa shape index (κ3) is 3.33. The number of hydrogen-bond acceptors (Lipinski definition) is 5. The highest BCUT2D eigenvalue weighted by atomic mass is 15.7. The molecular weight excluding hydrogens is 262 g/mol. The van der Waals surface area contributed by atoms with Crippen molar-refractivity contribution in [2.45, 2.75) is 52.5 Å². The van der Waals surface area contributed by atoms with E-state index in [1.165, 1.54) is 19.3 Å². The molecule has 1 aliphatic heterocycles. The molecule has 5 heteroatoms. The predicted octanol–water partition coefficient (Wildman–Crippen LogP) is 3.14. The monoisotopic (exact) mass is 285 g/mol. The van der Waals surface area contributed by atoms with Gasteiger partial charge in [0, 0.05) is 12.4 Å². The molecule has 1 saturated carbocycles. The zero-order valence-electron chi connectivity index (χ0n) is 13.0. The minimum atomic E-state index is 0.297. The van der Waals surface area contributed by atoms with Gasteiger partial charge in [-0.1, -0.05) is 25.8 Å². The molecule has 112 valence electrons. The average Bonchev–Trinajstić information content (AvgIpc) is 2.50. The highest BCUT2D eigenvalue weighted by Gasteiger charge is 2.27. The van der Waals surface area contributed by atoms with Crippen molar-refractivity contribution in [3.63, 3.8) is 0 Å². The van der Waals surface area contributed by atoms with Crippen LogP contribution in [0.3, 0.4) is 0 Å². The number of aliphatic imine (C=N–C) groups is 1. The topological polar surface area (TPSA) is 63.8 Å². The van der Waals surface area contributed by atoms with E-state index >= 15 is 0 Å². The number of hydrogen-bond donors (Lipinski definition) is 1. The van der Waals surface area contributed by atoms with Crippen molar-refractivity contribution < 1.29 is 0 Å². The molecule has 1 N–H and O–H groups in total. The van der Waals surface area contributed by atoms with Gasteiger partial charge in [-0.05, 0) is 32.6 Å². The molecule has 2 rings (SSSR count). The highest BCUT2D eigenvalue weighted by molar-refractivity contribution is 6.15. The van der Waals surface area contributed by atoms with Crippen molar-refractivity contribution in [3.05, 3.63) is 23.5 Å². The number of hydrazone groups is 1. The second-order valence-corrected chi connectivity index (χ2v) is 5.47. The van der Waals surface area contributed by atoms with E-state index in [4.69, 9.17) is 4.99 Å². The number of nitrogens with one attached hydrogen (secondary N) is 1.